The van der Waals surface area contributed by atoms with Crippen molar-refractivity contribution < 1.29 is 9.53 Å². The molecule has 0 saturated heterocycles. The number of hydrogen-bond donors (Lipinski definition) is 0. The van der Waals surface area contributed by atoms with Gasteiger partial charge in [-0.15, -0.1) is 0 Å². The monoisotopic (exact) mass is 493 g/mol. The number of halogens is 2. The summed E-state index contributed by atoms with van der Waals surface area (Å²) >= 11 is 12.1. The van der Waals surface area contributed by atoms with E-state index < -0.39 is 0 Å². The summed E-state index contributed by atoms with van der Waals surface area (Å²) in [5.74, 6) is 1.10. The highest BCUT2D eigenvalue weighted by molar-refractivity contribution is 6.30. The van der Waals surface area contributed by atoms with Gasteiger partial charge >= 0.3 is 0 Å². The molecule has 34 heavy (non-hydrogen) atoms. The van der Waals surface area contributed by atoms with Gasteiger partial charge in [-0.3, -0.25) is 4.79 Å². The predicted molar refractivity (Wildman–Crippen MR) is 136 cm³/mol. The minimum Gasteiger partial charge on any atom is -0.439 e. The summed E-state index contributed by atoms with van der Waals surface area (Å²) in [6, 6.07) is 23.8. The Morgan fingerprint density at radius 3 is 2.12 bits per heavy atom. The number of benzene rings is 3. The normalized spacial score (nSPS) is 11.0. The van der Waals surface area contributed by atoms with E-state index in [0.29, 0.717) is 33.8 Å². The maximum absolute atomic E-state index is 13.4. The molecule has 0 aliphatic rings. The summed E-state index contributed by atoms with van der Waals surface area (Å²) in [5, 5.41) is 5.97. The van der Waals surface area contributed by atoms with Gasteiger partial charge in [0.25, 0.3) is 5.91 Å². The molecule has 0 unspecified atom stereocenters. The number of amides is 1. The van der Waals surface area contributed by atoms with Gasteiger partial charge in [0.05, 0.1) is 23.5 Å². The lowest BCUT2D eigenvalue weighted by molar-refractivity contribution is 0.0689. The van der Waals surface area contributed by atoms with Crippen molar-refractivity contribution >= 4 is 29.1 Å². The Kier molecular flexibility index (Phi) is 7.25. The topological polar surface area (TPSA) is 47.4 Å². The van der Waals surface area contributed by atoms with Gasteiger partial charge in [0.1, 0.15) is 5.75 Å². The smallest absolute Gasteiger partial charge is 0.254 e. The lowest BCUT2D eigenvalue weighted by Gasteiger charge is -2.27. The molecule has 0 radical (unpaired) electrons. The second kappa shape index (κ2) is 10.3. The summed E-state index contributed by atoms with van der Waals surface area (Å²) in [6.45, 7) is 6.24. The molecule has 0 aliphatic carbocycles. The quantitative estimate of drug-likeness (QED) is 0.270. The van der Waals surface area contributed by atoms with Gasteiger partial charge in [0, 0.05) is 21.7 Å². The number of para-hydroxylation sites is 1. The lowest BCUT2D eigenvalue weighted by atomic mass is 10.1. The van der Waals surface area contributed by atoms with E-state index in [0.717, 1.165) is 16.9 Å². The largest absolute Gasteiger partial charge is 0.439 e. The van der Waals surface area contributed by atoms with Gasteiger partial charge in [0.2, 0.25) is 5.88 Å². The fraction of sp³-hybridized carbons (Fsp3) is 0.185. The number of hydrogen-bond acceptors (Lipinski definition) is 3. The molecule has 174 valence electrons. The van der Waals surface area contributed by atoms with Crippen LogP contribution in [0.25, 0.3) is 5.69 Å². The molecule has 5 nitrogen and oxygen atoms in total. The third-order valence-corrected chi connectivity index (χ3v) is 5.97. The average molecular weight is 494 g/mol. The number of ether oxygens (including phenoxy) is 1. The highest BCUT2D eigenvalue weighted by atomic mass is 35.5. The number of aromatic nitrogens is 2. The molecule has 0 atom stereocenters. The molecule has 4 rings (SSSR count). The van der Waals surface area contributed by atoms with Crippen LogP contribution in [0.4, 0.5) is 0 Å². The fourth-order valence-corrected chi connectivity index (χ4v) is 3.85. The first-order chi connectivity index (χ1) is 16.3. The van der Waals surface area contributed by atoms with Crippen molar-refractivity contribution in [3.8, 4) is 17.3 Å². The summed E-state index contributed by atoms with van der Waals surface area (Å²) in [6.07, 6.45) is 0. The number of nitrogens with zero attached hydrogens (tertiary/aromatic N) is 3. The standard InChI is InChI=1S/C27H25Cl2N3O2/c1-18(2)31(26(33)20-9-11-21(28)12-10-20)17-25-19(3)30-32(23-7-5-4-6-8-23)27(25)34-24-15-13-22(29)14-16-24/h4-16,18H,17H2,1-3H3. The number of carbonyl (C=O) groups excluding carboxylic acids is 1. The van der Waals surface area contributed by atoms with Gasteiger partial charge in [0.15, 0.2) is 0 Å². The van der Waals surface area contributed by atoms with Crippen LogP contribution < -0.4 is 4.74 Å². The van der Waals surface area contributed by atoms with Crippen LogP contribution in [0.5, 0.6) is 11.6 Å². The third kappa shape index (κ3) is 5.27. The molecule has 0 saturated carbocycles. The Hall–Kier alpha value is -3.28. The highest BCUT2D eigenvalue weighted by Gasteiger charge is 2.26. The van der Waals surface area contributed by atoms with Crippen LogP contribution in [0, 0.1) is 6.92 Å². The maximum Gasteiger partial charge on any atom is 0.254 e. The van der Waals surface area contributed by atoms with Crippen LogP contribution in [0.2, 0.25) is 10.0 Å². The zero-order chi connectivity index (χ0) is 24.2. The van der Waals surface area contributed by atoms with E-state index in [2.05, 4.69) is 0 Å². The van der Waals surface area contributed by atoms with Crippen molar-refractivity contribution in [1.82, 2.24) is 14.7 Å². The third-order valence-electron chi connectivity index (χ3n) is 5.47. The number of rotatable bonds is 7. The summed E-state index contributed by atoms with van der Waals surface area (Å²) in [5.41, 5.74) is 3.05. The molecule has 1 aromatic heterocycles. The second-order valence-electron chi connectivity index (χ2n) is 8.21. The number of aryl methyl sites for hydroxylation is 1. The average Bonchev–Trinajstić information content (AvgIpc) is 3.14. The predicted octanol–water partition coefficient (Wildman–Crippen LogP) is 7.33. The van der Waals surface area contributed by atoms with E-state index in [1.807, 2.05) is 63.2 Å². The first-order valence-electron chi connectivity index (χ1n) is 11.0. The maximum atomic E-state index is 13.4. The molecular formula is C27H25Cl2N3O2. The van der Waals surface area contributed by atoms with Crippen molar-refractivity contribution in [3.63, 3.8) is 0 Å². The summed E-state index contributed by atoms with van der Waals surface area (Å²) in [7, 11) is 0. The van der Waals surface area contributed by atoms with Crippen molar-refractivity contribution in [2.24, 2.45) is 0 Å². The Labute approximate surface area is 209 Å². The fourth-order valence-electron chi connectivity index (χ4n) is 3.60. The molecule has 0 fully saturated rings. The molecule has 0 bridgehead atoms. The highest BCUT2D eigenvalue weighted by Crippen LogP contribution is 2.33. The molecule has 0 spiro atoms. The molecular weight excluding hydrogens is 469 g/mol. The van der Waals surface area contributed by atoms with Crippen LogP contribution in [0.3, 0.4) is 0 Å². The van der Waals surface area contributed by atoms with Gasteiger partial charge in [-0.1, -0.05) is 41.4 Å². The molecule has 0 aliphatic heterocycles. The van der Waals surface area contributed by atoms with E-state index >= 15 is 0 Å². The molecule has 4 aromatic rings. The van der Waals surface area contributed by atoms with Gasteiger partial charge in [-0.25, -0.2) is 4.68 Å². The lowest BCUT2D eigenvalue weighted by Crippen LogP contribution is -2.36. The number of carbonyl (C=O) groups is 1. The van der Waals surface area contributed by atoms with E-state index in [4.69, 9.17) is 33.0 Å². The van der Waals surface area contributed by atoms with E-state index in [1.165, 1.54) is 0 Å². The Bertz CT molecular complexity index is 1270. The van der Waals surface area contributed by atoms with Gasteiger partial charge < -0.3 is 9.64 Å². The van der Waals surface area contributed by atoms with E-state index in [9.17, 15) is 4.79 Å². The van der Waals surface area contributed by atoms with Crippen molar-refractivity contribution in [3.05, 3.63) is 106 Å². The molecule has 0 N–H and O–H groups in total. The zero-order valence-electron chi connectivity index (χ0n) is 19.2. The van der Waals surface area contributed by atoms with Gasteiger partial charge in [-0.05, 0) is 81.4 Å². The van der Waals surface area contributed by atoms with Crippen LogP contribution in [-0.4, -0.2) is 26.6 Å². The summed E-state index contributed by atoms with van der Waals surface area (Å²) < 4.78 is 8.11. The minimum atomic E-state index is -0.0871. The van der Waals surface area contributed by atoms with Crippen molar-refractivity contribution in [1.29, 1.82) is 0 Å². The van der Waals surface area contributed by atoms with Crippen LogP contribution in [-0.2, 0) is 6.54 Å². The van der Waals surface area contributed by atoms with Crippen molar-refractivity contribution in [2.45, 2.75) is 33.4 Å². The second-order valence-corrected chi connectivity index (χ2v) is 9.08. The SMILES string of the molecule is Cc1nn(-c2ccccc2)c(Oc2ccc(Cl)cc2)c1CN(C(=O)c1ccc(Cl)cc1)C(C)C. The molecule has 7 heteroatoms. The first-order valence-corrected chi connectivity index (χ1v) is 11.7. The van der Waals surface area contributed by atoms with Crippen LogP contribution in [0.1, 0.15) is 35.5 Å². The molecule has 1 amide bonds. The van der Waals surface area contributed by atoms with E-state index in [-0.39, 0.29) is 11.9 Å². The first kappa shape index (κ1) is 23.9. The van der Waals surface area contributed by atoms with Crippen LogP contribution in [0.15, 0.2) is 78.9 Å². The minimum absolute atomic E-state index is 0.0500. The van der Waals surface area contributed by atoms with Crippen LogP contribution >= 0.6 is 23.2 Å². The van der Waals surface area contributed by atoms with Crippen molar-refractivity contribution in [2.75, 3.05) is 0 Å². The van der Waals surface area contributed by atoms with E-state index in [1.54, 1.807) is 46.0 Å². The Morgan fingerprint density at radius 1 is 0.941 bits per heavy atom. The Balaban J connectivity index is 1.76. The molecule has 1 heterocycles. The summed E-state index contributed by atoms with van der Waals surface area (Å²) in [4.78, 5) is 15.2. The molecule has 3 aromatic carbocycles. The zero-order valence-corrected chi connectivity index (χ0v) is 20.7. The van der Waals surface area contributed by atoms with Gasteiger partial charge in [-0.2, -0.15) is 5.10 Å². The Morgan fingerprint density at radius 2 is 1.53 bits per heavy atom.